The predicted molar refractivity (Wildman–Crippen MR) is 143 cm³/mol. The number of hydrogen-bond donors (Lipinski definition) is 8. The Morgan fingerprint density at radius 2 is 0.816 bits per heavy atom. The highest BCUT2D eigenvalue weighted by Gasteiger charge is 2.42. The van der Waals surface area contributed by atoms with Crippen molar-refractivity contribution in [1.29, 1.82) is 0 Å². The van der Waals surface area contributed by atoms with Gasteiger partial charge in [-0.05, 0) is 47.9 Å². The van der Waals surface area contributed by atoms with Gasteiger partial charge in [0.25, 0.3) is 0 Å². The average Bonchev–Trinajstić information content (AvgIpc) is 2.90. The molecule has 2 aliphatic carbocycles. The molecule has 0 heterocycles. The quantitative estimate of drug-likeness (QED) is 0.194. The Bertz CT molecular complexity index is 928. The van der Waals surface area contributed by atoms with Crippen LogP contribution in [0.5, 0.6) is 0 Å². The zero-order valence-electron chi connectivity index (χ0n) is 21.5. The molecule has 0 amide bonds. The van der Waals surface area contributed by atoms with Crippen molar-refractivity contribution >= 4 is 0 Å². The molecule has 2 saturated carbocycles. The minimum absolute atomic E-state index is 0.287. The Kier molecular flexibility index (Phi) is 9.88. The van der Waals surface area contributed by atoms with Crippen molar-refractivity contribution in [1.82, 2.24) is 0 Å². The highest BCUT2D eigenvalue weighted by Crippen LogP contribution is 2.23. The third-order valence-electron chi connectivity index (χ3n) is 7.82. The topological polar surface area (TPSA) is 203 Å². The summed E-state index contributed by atoms with van der Waals surface area (Å²) in [6.07, 6.45) is -3.08. The maximum atomic E-state index is 10.3. The molecule has 38 heavy (non-hydrogen) atoms. The Labute approximate surface area is 223 Å². The lowest BCUT2D eigenvalue weighted by atomic mass is 9.85. The van der Waals surface area contributed by atoms with Crippen LogP contribution in [0.4, 0.5) is 0 Å². The van der Waals surface area contributed by atoms with Crippen LogP contribution in [0.25, 0.3) is 0 Å². The third kappa shape index (κ3) is 6.97. The second kappa shape index (κ2) is 12.9. The normalized spacial score (nSPS) is 35.8. The van der Waals surface area contributed by atoms with Crippen LogP contribution < -0.4 is 22.9 Å². The van der Waals surface area contributed by atoms with Crippen LogP contribution in [0, 0.1) is 0 Å². The summed E-state index contributed by atoms with van der Waals surface area (Å²) in [5, 5.41) is 40.5. The molecule has 4 rings (SSSR count). The Balaban J connectivity index is 1.21. The smallest absolute Gasteiger partial charge is 0.109 e. The average molecular weight is 531 g/mol. The molecule has 2 fully saturated rings. The number of aryl methyl sites for hydroxylation is 2. The molecule has 0 aromatic heterocycles. The summed E-state index contributed by atoms with van der Waals surface area (Å²) >= 11 is 0. The van der Waals surface area contributed by atoms with Crippen molar-refractivity contribution in [2.75, 3.05) is 0 Å². The Morgan fingerprint density at radius 1 is 0.500 bits per heavy atom. The lowest BCUT2D eigenvalue weighted by Gasteiger charge is -2.39. The fourth-order valence-electron chi connectivity index (χ4n) is 5.30. The van der Waals surface area contributed by atoms with Gasteiger partial charge in [-0.2, -0.15) is 0 Å². The molecule has 0 bridgehead atoms. The van der Waals surface area contributed by atoms with Crippen LogP contribution in [0.3, 0.4) is 0 Å². The van der Waals surface area contributed by atoms with Gasteiger partial charge >= 0.3 is 0 Å². The van der Waals surface area contributed by atoms with Crippen LogP contribution in [-0.2, 0) is 35.5 Å². The number of benzene rings is 2. The number of ether oxygens (including phenoxy) is 2. The minimum Gasteiger partial charge on any atom is -0.389 e. The van der Waals surface area contributed by atoms with Gasteiger partial charge < -0.3 is 52.8 Å². The first-order valence-corrected chi connectivity index (χ1v) is 13.3. The molecular formula is C28H42N4O6. The number of nitrogens with two attached hydrogens (primary N) is 4. The van der Waals surface area contributed by atoms with E-state index in [0.717, 1.165) is 24.0 Å². The largest absolute Gasteiger partial charge is 0.389 e. The van der Waals surface area contributed by atoms with Crippen LogP contribution in [0.2, 0.25) is 0 Å². The van der Waals surface area contributed by atoms with E-state index in [1.165, 1.54) is 11.1 Å². The van der Waals surface area contributed by atoms with Crippen molar-refractivity contribution in [2.24, 2.45) is 22.9 Å². The molecule has 2 aromatic carbocycles. The van der Waals surface area contributed by atoms with E-state index < -0.39 is 60.8 Å². The third-order valence-corrected chi connectivity index (χ3v) is 7.82. The SMILES string of the molecule is N[C@@H]1C[C@H](N)[C@@H](OCc2ccc(CCc3ccc(CO[C@H]4[C@H](O)[C@@H](O)[C@H](N)C[C@@H]4N)cc3)cc2)[C@H](O)[C@H]1O. The van der Waals surface area contributed by atoms with Gasteiger partial charge in [0.1, 0.15) is 24.4 Å². The highest BCUT2D eigenvalue weighted by atomic mass is 16.5. The van der Waals surface area contributed by atoms with Crippen LogP contribution in [-0.4, -0.2) is 81.2 Å². The molecule has 0 aliphatic heterocycles. The molecule has 2 aliphatic rings. The van der Waals surface area contributed by atoms with E-state index >= 15 is 0 Å². The first-order valence-electron chi connectivity index (χ1n) is 13.3. The zero-order chi connectivity index (χ0) is 27.4. The van der Waals surface area contributed by atoms with Gasteiger partial charge in [0.2, 0.25) is 0 Å². The molecule has 2 aromatic rings. The summed E-state index contributed by atoms with van der Waals surface area (Å²) in [6, 6.07) is 14.3. The van der Waals surface area contributed by atoms with Crippen LogP contribution >= 0.6 is 0 Å². The number of rotatable bonds is 9. The van der Waals surface area contributed by atoms with E-state index in [0.29, 0.717) is 12.8 Å². The van der Waals surface area contributed by atoms with Crippen molar-refractivity contribution in [2.45, 2.75) is 99.7 Å². The van der Waals surface area contributed by atoms with E-state index in [1.54, 1.807) is 0 Å². The van der Waals surface area contributed by atoms with Crippen molar-refractivity contribution in [3.63, 3.8) is 0 Å². The van der Waals surface area contributed by atoms with E-state index in [-0.39, 0.29) is 13.2 Å². The number of aliphatic hydroxyl groups is 4. The minimum atomic E-state index is -1.10. The predicted octanol–water partition coefficient (Wildman–Crippen LogP) is -1.20. The second-order valence-electron chi connectivity index (χ2n) is 10.8. The molecule has 0 unspecified atom stereocenters. The van der Waals surface area contributed by atoms with Gasteiger partial charge in [-0.15, -0.1) is 0 Å². The van der Waals surface area contributed by atoms with Gasteiger partial charge in [0.05, 0.1) is 25.4 Å². The summed E-state index contributed by atoms with van der Waals surface area (Å²) in [7, 11) is 0. The molecular weight excluding hydrogens is 488 g/mol. The van der Waals surface area contributed by atoms with Gasteiger partial charge in [-0.1, -0.05) is 48.5 Å². The van der Waals surface area contributed by atoms with E-state index in [2.05, 4.69) is 24.3 Å². The maximum Gasteiger partial charge on any atom is 0.109 e. The summed E-state index contributed by atoms with van der Waals surface area (Å²) < 4.78 is 11.7. The molecule has 10 atom stereocenters. The number of aliphatic hydroxyl groups excluding tert-OH is 4. The highest BCUT2D eigenvalue weighted by molar-refractivity contribution is 5.26. The van der Waals surface area contributed by atoms with Crippen LogP contribution in [0.1, 0.15) is 35.1 Å². The lowest BCUT2D eigenvalue weighted by molar-refractivity contribution is -0.131. The molecule has 10 heteroatoms. The fourth-order valence-corrected chi connectivity index (χ4v) is 5.30. The summed E-state index contributed by atoms with van der Waals surface area (Å²) in [4.78, 5) is 0. The summed E-state index contributed by atoms with van der Waals surface area (Å²) in [5.74, 6) is 0. The van der Waals surface area contributed by atoms with Crippen molar-refractivity contribution < 1.29 is 29.9 Å². The first-order chi connectivity index (χ1) is 18.1. The van der Waals surface area contributed by atoms with Crippen molar-refractivity contribution in [3.8, 4) is 0 Å². The zero-order valence-corrected chi connectivity index (χ0v) is 21.5. The Hall–Kier alpha value is -1.96. The Morgan fingerprint density at radius 3 is 1.16 bits per heavy atom. The van der Waals surface area contributed by atoms with E-state index in [9.17, 15) is 20.4 Å². The van der Waals surface area contributed by atoms with E-state index in [1.807, 2.05) is 24.3 Å². The van der Waals surface area contributed by atoms with Gasteiger partial charge in [-0.3, -0.25) is 0 Å². The second-order valence-corrected chi connectivity index (χ2v) is 10.8. The fraction of sp³-hybridized carbons (Fsp3) is 0.571. The van der Waals surface area contributed by atoms with E-state index in [4.69, 9.17) is 32.4 Å². The van der Waals surface area contributed by atoms with Gasteiger partial charge in [0.15, 0.2) is 0 Å². The van der Waals surface area contributed by atoms with Gasteiger partial charge in [0, 0.05) is 24.2 Å². The van der Waals surface area contributed by atoms with Crippen LogP contribution in [0.15, 0.2) is 48.5 Å². The molecule has 210 valence electrons. The molecule has 0 spiro atoms. The molecule has 0 radical (unpaired) electrons. The molecule has 12 N–H and O–H groups in total. The lowest BCUT2D eigenvalue weighted by Crippen LogP contribution is -2.61. The monoisotopic (exact) mass is 530 g/mol. The first kappa shape index (κ1) is 29.0. The summed E-state index contributed by atoms with van der Waals surface area (Å²) in [6.45, 7) is 0.575. The molecule has 10 nitrogen and oxygen atoms in total. The number of hydrogen-bond acceptors (Lipinski definition) is 10. The van der Waals surface area contributed by atoms with Gasteiger partial charge in [-0.25, -0.2) is 0 Å². The van der Waals surface area contributed by atoms with Crippen molar-refractivity contribution in [3.05, 3.63) is 70.8 Å². The summed E-state index contributed by atoms with van der Waals surface area (Å²) in [5.41, 5.74) is 28.1. The maximum absolute atomic E-state index is 10.3. The molecule has 0 saturated heterocycles. The standard InChI is InChI=1S/C28H42N4O6/c29-19-11-21(31)27(25(35)23(19)33)37-13-17-7-3-15(4-8-17)1-2-16-5-9-18(10-6-16)14-38-28-22(32)12-20(30)24(34)26(28)36/h3-10,19-28,33-36H,1-2,11-14,29-32H2/t19-,20-,21+,22+,23+,24+,25-,26-,27-,28-/m1/s1.